The van der Waals surface area contributed by atoms with Gasteiger partial charge in [-0.25, -0.2) is 4.39 Å². The summed E-state index contributed by atoms with van der Waals surface area (Å²) in [6.45, 7) is 0. The van der Waals surface area contributed by atoms with Gasteiger partial charge in [0.15, 0.2) is 11.4 Å². The van der Waals surface area contributed by atoms with Crippen LogP contribution < -0.4 is 5.73 Å². The zero-order valence-electron chi connectivity index (χ0n) is 23.6. The summed E-state index contributed by atoms with van der Waals surface area (Å²) in [5.41, 5.74) is 2.18. The van der Waals surface area contributed by atoms with Gasteiger partial charge in [0.05, 0.1) is 11.6 Å². The number of hydrogen-bond acceptors (Lipinski definition) is 8. The minimum absolute atomic E-state index is 0.0318. The van der Waals surface area contributed by atoms with Gasteiger partial charge in [0.25, 0.3) is 5.91 Å². The van der Waals surface area contributed by atoms with Crippen LogP contribution in [-0.4, -0.2) is 68.5 Å². The van der Waals surface area contributed by atoms with E-state index in [2.05, 4.69) is 0 Å². The van der Waals surface area contributed by atoms with Crippen LogP contribution in [-0.2, 0) is 27.2 Å². The zero-order chi connectivity index (χ0) is 30.2. The third-order valence-electron chi connectivity index (χ3n) is 10.0. The molecular formula is C32H35FN2O7. The average molecular weight is 579 g/mol. The van der Waals surface area contributed by atoms with Crippen LogP contribution >= 0.6 is 0 Å². The number of aliphatic hydroxyl groups excluding tert-OH is 2. The first-order valence-electron chi connectivity index (χ1n) is 14.5. The van der Waals surface area contributed by atoms with Crippen molar-refractivity contribution in [2.24, 2.45) is 23.5 Å². The van der Waals surface area contributed by atoms with Crippen molar-refractivity contribution in [3.8, 4) is 5.75 Å². The summed E-state index contributed by atoms with van der Waals surface area (Å²) in [5, 5.41) is 45.9. The van der Waals surface area contributed by atoms with Crippen LogP contribution in [0.5, 0.6) is 5.75 Å². The van der Waals surface area contributed by atoms with E-state index in [9.17, 15) is 34.8 Å². The SMILES string of the molecule is CN(C)[C@@H]1C(=O)C(C(N)=O)=C(O)[C@@]2(O)C(=O)C3=C(O)c4c(c(F)c5ccc(CCC6CCCC6)cc5c4O)C[C@H]3C[C@@H]12. The molecule has 4 atom stereocenters. The number of Topliss-reactive ketones (excluding diaryl/α,β-unsaturated/α-hetero) is 2. The molecule has 0 unspecified atom stereocenters. The van der Waals surface area contributed by atoms with Gasteiger partial charge in [-0.3, -0.25) is 19.3 Å². The van der Waals surface area contributed by atoms with E-state index in [4.69, 9.17) is 5.73 Å². The fraction of sp³-hybridized carbons (Fsp3) is 0.469. The molecule has 9 nitrogen and oxygen atoms in total. The third-order valence-corrected chi connectivity index (χ3v) is 10.0. The van der Waals surface area contributed by atoms with Gasteiger partial charge in [0.1, 0.15) is 28.7 Å². The normalized spacial score (nSPS) is 28.0. The summed E-state index contributed by atoms with van der Waals surface area (Å²) in [6.07, 6.45) is 6.42. The molecule has 2 aromatic rings. The molecule has 4 aliphatic rings. The van der Waals surface area contributed by atoms with Crippen LogP contribution in [0.1, 0.15) is 55.2 Å². The van der Waals surface area contributed by atoms with Crippen molar-refractivity contribution in [3.63, 3.8) is 0 Å². The maximum absolute atomic E-state index is 16.1. The highest BCUT2D eigenvalue weighted by Gasteiger charge is 2.64. The molecule has 0 aromatic heterocycles. The average Bonchev–Trinajstić information content (AvgIpc) is 3.46. The number of phenols is 1. The van der Waals surface area contributed by atoms with Gasteiger partial charge in [-0.1, -0.05) is 37.8 Å². The number of benzene rings is 2. The van der Waals surface area contributed by atoms with Gasteiger partial charge in [-0.15, -0.1) is 0 Å². The van der Waals surface area contributed by atoms with E-state index in [0.29, 0.717) is 5.92 Å². The van der Waals surface area contributed by atoms with Crippen LogP contribution in [0.4, 0.5) is 4.39 Å². The van der Waals surface area contributed by atoms with E-state index in [1.165, 1.54) is 44.7 Å². The lowest BCUT2D eigenvalue weighted by Gasteiger charge is -2.50. The number of amides is 1. The minimum Gasteiger partial charge on any atom is -0.508 e. The minimum atomic E-state index is -2.73. The largest absolute Gasteiger partial charge is 0.508 e. The number of carbonyl (C=O) groups is 3. The number of aryl methyl sites for hydroxylation is 1. The first kappa shape index (κ1) is 28.4. The monoisotopic (exact) mass is 578 g/mol. The molecule has 42 heavy (non-hydrogen) atoms. The number of likely N-dealkylation sites (N-methyl/N-ethyl adjacent to an activating group) is 1. The lowest BCUT2D eigenvalue weighted by atomic mass is 9.57. The Morgan fingerprint density at radius 2 is 1.81 bits per heavy atom. The van der Waals surface area contributed by atoms with Crippen LogP contribution in [0.2, 0.25) is 0 Å². The number of aromatic hydroxyl groups is 1. The molecule has 0 saturated heterocycles. The summed E-state index contributed by atoms with van der Waals surface area (Å²) in [4.78, 5) is 40.8. The molecule has 4 aliphatic carbocycles. The number of nitrogens with zero attached hydrogens (tertiary/aromatic N) is 1. The van der Waals surface area contributed by atoms with Crippen molar-refractivity contribution in [3.05, 3.63) is 57.6 Å². The Labute approximate surface area is 242 Å². The van der Waals surface area contributed by atoms with Gasteiger partial charge in [-0.05, 0) is 63.2 Å². The van der Waals surface area contributed by atoms with Gasteiger partial charge in [-0.2, -0.15) is 0 Å². The second-order valence-electron chi connectivity index (χ2n) is 12.5. The fourth-order valence-electron chi connectivity index (χ4n) is 7.93. The molecule has 1 amide bonds. The number of fused-ring (bicyclic) bond motifs is 4. The molecule has 0 heterocycles. The van der Waals surface area contributed by atoms with E-state index in [0.717, 1.165) is 18.4 Å². The number of halogens is 1. The predicted molar refractivity (Wildman–Crippen MR) is 152 cm³/mol. The van der Waals surface area contributed by atoms with E-state index in [1.807, 2.05) is 6.07 Å². The van der Waals surface area contributed by atoms with Crippen LogP contribution in [0.3, 0.4) is 0 Å². The molecule has 10 heteroatoms. The quantitative estimate of drug-likeness (QED) is 0.338. The maximum atomic E-state index is 16.1. The lowest BCUT2D eigenvalue weighted by Crippen LogP contribution is -2.65. The number of nitrogens with two attached hydrogens (primary N) is 1. The number of ketones is 2. The van der Waals surface area contributed by atoms with Gasteiger partial charge in [0.2, 0.25) is 5.78 Å². The van der Waals surface area contributed by atoms with Crippen molar-refractivity contribution >= 4 is 34.0 Å². The topological polar surface area (TPSA) is 161 Å². The fourth-order valence-corrected chi connectivity index (χ4v) is 7.93. The molecule has 6 rings (SSSR count). The highest BCUT2D eigenvalue weighted by Crippen LogP contribution is 2.54. The number of phenolic OH excluding ortho intramolecular Hbond substituents is 1. The molecule has 0 spiro atoms. The first-order valence-corrected chi connectivity index (χ1v) is 14.5. The number of hydrogen-bond donors (Lipinski definition) is 5. The number of aliphatic hydroxyl groups is 3. The number of primary amides is 1. The van der Waals surface area contributed by atoms with Crippen molar-refractivity contribution in [2.45, 2.75) is 63.0 Å². The summed E-state index contributed by atoms with van der Waals surface area (Å²) in [6, 6.07) is 3.99. The van der Waals surface area contributed by atoms with E-state index < -0.39 is 63.9 Å². The molecule has 2 saturated carbocycles. The van der Waals surface area contributed by atoms with Crippen molar-refractivity contribution in [1.29, 1.82) is 0 Å². The van der Waals surface area contributed by atoms with Crippen LogP contribution in [0, 0.1) is 23.6 Å². The Bertz CT molecular complexity index is 1620. The maximum Gasteiger partial charge on any atom is 0.255 e. The van der Waals surface area contributed by atoms with E-state index in [-0.39, 0.29) is 46.1 Å². The molecule has 222 valence electrons. The van der Waals surface area contributed by atoms with Gasteiger partial charge in [0, 0.05) is 27.8 Å². The summed E-state index contributed by atoms with van der Waals surface area (Å²) in [5.74, 6) is -7.49. The van der Waals surface area contributed by atoms with E-state index >= 15 is 4.39 Å². The smallest absolute Gasteiger partial charge is 0.255 e. The van der Waals surface area contributed by atoms with Crippen molar-refractivity contribution < 1.29 is 39.2 Å². The number of carbonyl (C=O) groups excluding carboxylic acids is 3. The van der Waals surface area contributed by atoms with Crippen molar-refractivity contribution in [1.82, 2.24) is 4.90 Å². The van der Waals surface area contributed by atoms with Crippen molar-refractivity contribution in [2.75, 3.05) is 14.1 Å². The molecule has 0 radical (unpaired) electrons. The molecule has 0 bridgehead atoms. The summed E-state index contributed by atoms with van der Waals surface area (Å²) in [7, 11) is 3.05. The molecule has 2 fully saturated rings. The highest BCUT2D eigenvalue weighted by molar-refractivity contribution is 6.24. The molecule has 6 N–H and O–H groups in total. The Morgan fingerprint density at radius 3 is 2.45 bits per heavy atom. The van der Waals surface area contributed by atoms with Crippen LogP contribution in [0.15, 0.2) is 35.1 Å². The molecular weight excluding hydrogens is 543 g/mol. The second kappa shape index (κ2) is 9.91. The third kappa shape index (κ3) is 3.91. The van der Waals surface area contributed by atoms with Gasteiger partial charge < -0.3 is 26.2 Å². The number of rotatable bonds is 5. The van der Waals surface area contributed by atoms with Crippen LogP contribution in [0.25, 0.3) is 16.5 Å². The first-order chi connectivity index (χ1) is 19.9. The second-order valence-corrected chi connectivity index (χ2v) is 12.5. The molecule has 2 aromatic carbocycles. The summed E-state index contributed by atoms with van der Waals surface area (Å²) < 4.78 is 16.1. The summed E-state index contributed by atoms with van der Waals surface area (Å²) >= 11 is 0. The molecule has 0 aliphatic heterocycles. The standard InChI is InChI=1S/C32H35FN2O7/c1-35(2)25-20-13-16-12-19-22(27(37)21(16)29(39)32(20,42)30(40)23(28(25)38)31(34)41)26(36)18-11-15(9-10-17(18)24(19)33)8-7-14-5-3-4-6-14/h9-11,14,16,20,25,36-37,40,42H,3-8,12-13H2,1-2H3,(H2,34,41)/t16-,20-,25-,32-/m0/s1. The Morgan fingerprint density at radius 1 is 1.12 bits per heavy atom. The zero-order valence-corrected chi connectivity index (χ0v) is 23.6. The Kier molecular flexibility index (Phi) is 6.69. The Balaban J connectivity index is 1.48. The lowest BCUT2D eigenvalue weighted by molar-refractivity contribution is -0.153. The predicted octanol–water partition coefficient (Wildman–Crippen LogP) is 3.38. The Hall–Kier alpha value is -3.76. The van der Waals surface area contributed by atoms with E-state index in [1.54, 1.807) is 12.1 Å². The van der Waals surface area contributed by atoms with Gasteiger partial charge >= 0.3 is 0 Å². The highest BCUT2D eigenvalue weighted by atomic mass is 19.1.